The highest BCUT2D eigenvalue weighted by Gasteiger charge is 2.37. The normalized spacial score (nSPS) is 24.7. The molecule has 0 aliphatic carbocycles. The van der Waals surface area contributed by atoms with Gasteiger partial charge in [-0.05, 0) is 56.0 Å². The van der Waals surface area contributed by atoms with Crippen LogP contribution in [0, 0.1) is 12.8 Å². The van der Waals surface area contributed by atoms with Crippen molar-refractivity contribution in [3.05, 3.63) is 23.3 Å². The number of hydrogen-bond acceptors (Lipinski definition) is 6. The van der Waals surface area contributed by atoms with Gasteiger partial charge in [0.15, 0.2) is 11.5 Å². The third-order valence-electron chi connectivity index (χ3n) is 5.95. The summed E-state index contributed by atoms with van der Waals surface area (Å²) in [4.78, 5) is 14.4. The number of aromatic hydroxyl groups is 1. The van der Waals surface area contributed by atoms with Crippen LogP contribution in [0.2, 0.25) is 0 Å². The first-order valence-electron chi connectivity index (χ1n) is 10.4. The van der Waals surface area contributed by atoms with Gasteiger partial charge in [0, 0.05) is 6.54 Å². The summed E-state index contributed by atoms with van der Waals surface area (Å²) < 4.78 is 13.9. The molecule has 1 aromatic carbocycles. The second-order valence-corrected chi connectivity index (χ2v) is 9.66. The maximum absolute atomic E-state index is 12.4. The van der Waals surface area contributed by atoms with Gasteiger partial charge in [0.05, 0.1) is 11.4 Å². The van der Waals surface area contributed by atoms with Crippen molar-refractivity contribution in [2.75, 3.05) is 29.7 Å². The summed E-state index contributed by atoms with van der Waals surface area (Å²) in [5.74, 6) is 0.900. The Labute approximate surface area is 171 Å². The maximum atomic E-state index is 12.4. The second-order valence-electron chi connectivity index (χ2n) is 8.24. The lowest BCUT2D eigenvalue weighted by Gasteiger charge is -2.34. The van der Waals surface area contributed by atoms with Crippen molar-refractivity contribution in [2.45, 2.75) is 58.5 Å². The minimum Gasteiger partial charge on any atom is -0.593 e. The lowest BCUT2D eigenvalue weighted by molar-refractivity contribution is -0.118. The predicted octanol–water partition coefficient (Wildman–Crippen LogP) is 2.48. The zero-order chi connectivity index (χ0) is 20.3. The number of likely N-dealkylation sites (tertiary alicyclic amines) is 1. The fourth-order valence-corrected chi connectivity index (χ4v) is 5.67. The largest absolute Gasteiger partial charge is 0.593 e. The topological polar surface area (TPSA) is 92.9 Å². The van der Waals surface area contributed by atoms with Crippen LogP contribution in [0.15, 0.2) is 12.1 Å². The van der Waals surface area contributed by atoms with E-state index in [2.05, 4.69) is 11.8 Å². The zero-order valence-electron chi connectivity index (χ0n) is 17.0. The van der Waals surface area contributed by atoms with Gasteiger partial charge in [-0.2, -0.15) is 4.31 Å². The molecule has 2 saturated heterocycles. The Morgan fingerprint density at radius 1 is 1.32 bits per heavy atom. The molecule has 28 heavy (non-hydrogen) atoms. The molecule has 0 saturated carbocycles. The lowest BCUT2D eigenvalue weighted by atomic mass is 9.91. The predicted molar refractivity (Wildman–Crippen MR) is 114 cm³/mol. The number of benzene rings is 1. The van der Waals surface area contributed by atoms with Gasteiger partial charge in [-0.15, -0.1) is 0 Å². The Morgan fingerprint density at radius 2 is 2.04 bits per heavy atom. The molecule has 0 aromatic heterocycles. The van der Waals surface area contributed by atoms with E-state index in [1.54, 1.807) is 6.07 Å². The number of unbranched alkanes of at least 4 members (excludes halogenated alkanes) is 1. The molecule has 3 N–H and O–H groups in total. The molecular weight excluding hydrogens is 374 g/mol. The molecule has 2 atom stereocenters. The first-order valence-corrected chi connectivity index (χ1v) is 11.7. The molecule has 0 radical (unpaired) electrons. The van der Waals surface area contributed by atoms with Crippen molar-refractivity contribution in [2.24, 2.45) is 11.7 Å². The number of phenols is 1. The Balaban J connectivity index is 1.65. The molecule has 0 spiro atoms. The van der Waals surface area contributed by atoms with Gasteiger partial charge >= 0.3 is 0 Å². The average molecular weight is 408 g/mol. The van der Waals surface area contributed by atoms with Crippen molar-refractivity contribution < 1.29 is 14.5 Å². The Bertz CT molecular complexity index is 668. The fourth-order valence-electron chi connectivity index (χ4n) is 4.28. The molecule has 7 heteroatoms. The summed E-state index contributed by atoms with van der Waals surface area (Å²) in [5.41, 5.74) is 8.09. The van der Waals surface area contributed by atoms with Crippen LogP contribution in [0.5, 0.6) is 5.75 Å². The molecule has 0 amide bonds. The molecule has 2 aliphatic rings. The van der Waals surface area contributed by atoms with E-state index in [4.69, 9.17) is 5.73 Å². The first kappa shape index (κ1) is 21.4. The standard InChI is InChI=1S/C21H33N3O3S/c1-3-4-5-16-6-8-23(9-7-16)12-17-10-15(2)21(19(25)11-17)24-13-20(26)18(22)14-28(24)27/h10-11,16,18,25H,3-9,12-14,22H2,1-2H3/t18-,28?/m0/s1. The number of nitrogens with zero attached hydrogens (tertiary/aromatic N) is 2. The SMILES string of the molecule is CCCCC1CCN(Cc2cc(C)c(N3CC(=O)[C@@H](N)C[S+]3[O-])c(O)c2)CC1. The second kappa shape index (κ2) is 9.48. The lowest BCUT2D eigenvalue weighted by Crippen LogP contribution is -2.54. The van der Waals surface area contributed by atoms with E-state index in [1.807, 2.05) is 13.0 Å². The van der Waals surface area contributed by atoms with Crippen LogP contribution in [0.4, 0.5) is 5.69 Å². The molecule has 2 heterocycles. The highest BCUT2D eigenvalue weighted by Crippen LogP contribution is 2.36. The van der Waals surface area contributed by atoms with Crippen molar-refractivity contribution in [3.63, 3.8) is 0 Å². The van der Waals surface area contributed by atoms with E-state index < -0.39 is 17.4 Å². The third kappa shape index (κ3) is 5.00. The van der Waals surface area contributed by atoms with Crippen LogP contribution >= 0.6 is 0 Å². The summed E-state index contributed by atoms with van der Waals surface area (Å²) in [5, 5.41) is 10.6. The van der Waals surface area contributed by atoms with Gasteiger partial charge in [-0.3, -0.25) is 9.69 Å². The number of nitrogens with two attached hydrogens (primary N) is 1. The number of phenolic OH excluding ortho intramolecular Hbond substituents is 1. The van der Waals surface area contributed by atoms with E-state index in [1.165, 1.54) is 36.4 Å². The highest BCUT2D eigenvalue weighted by atomic mass is 32.2. The van der Waals surface area contributed by atoms with Crippen LogP contribution < -0.4 is 10.0 Å². The first-order chi connectivity index (χ1) is 13.4. The summed E-state index contributed by atoms with van der Waals surface area (Å²) in [6, 6.07) is 3.11. The number of carbonyl (C=O) groups excluding carboxylic acids is 1. The van der Waals surface area contributed by atoms with Crippen molar-refractivity contribution in [1.82, 2.24) is 4.90 Å². The maximum Gasteiger partial charge on any atom is 0.178 e. The van der Waals surface area contributed by atoms with Gasteiger partial charge < -0.3 is 15.4 Å². The molecule has 1 unspecified atom stereocenters. The van der Waals surface area contributed by atoms with E-state index in [0.29, 0.717) is 5.69 Å². The van der Waals surface area contributed by atoms with Crippen LogP contribution in [-0.2, 0) is 22.7 Å². The van der Waals surface area contributed by atoms with Crippen LogP contribution in [-0.4, -0.2) is 51.8 Å². The van der Waals surface area contributed by atoms with Gasteiger partial charge in [0.25, 0.3) is 0 Å². The summed E-state index contributed by atoms with van der Waals surface area (Å²) >= 11 is -1.40. The van der Waals surface area contributed by atoms with Crippen molar-refractivity contribution in [3.8, 4) is 5.75 Å². The quantitative estimate of drug-likeness (QED) is 0.704. The minimum absolute atomic E-state index is 0.0210. The molecule has 2 fully saturated rings. The summed E-state index contributed by atoms with van der Waals surface area (Å²) in [6.45, 7) is 7.12. The van der Waals surface area contributed by atoms with Gasteiger partial charge in [-0.1, -0.05) is 32.3 Å². The molecule has 156 valence electrons. The molecular formula is C21H33N3O3S. The average Bonchev–Trinajstić information content (AvgIpc) is 2.65. The molecule has 6 nitrogen and oxygen atoms in total. The van der Waals surface area contributed by atoms with E-state index in [-0.39, 0.29) is 23.8 Å². The molecule has 0 bridgehead atoms. The van der Waals surface area contributed by atoms with Gasteiger partial charge in [0.1, 0.15) is 24.0 Å². The Kier molecular flexibility index (Phi) is 7.25. The highest BCUT2D eigenvalue weighted by molar-refractivity contribution is 7.93. The number of Topliss-reactive ketones (excluding diaryl/α,β-unsaturated/α-hetero) is 1. The minimum atomic E-state index is -1.40. The van der Waals surface area contributed by atoms with E-state index >= 15 is 0 Å². The summed E-state index contributed by atoms with van der Waals surface area (Å²) in [6.07, 6.45) is 6.43. The van der Waals surface area contributed by atoms with Gasteiger partial charge in [0.2, 0.25) is 0 Å². The number of ketones is 1. The van der Waals surface area contributed by atoms with Crippen LogP contribution in [0.1, 0.15) is 50.2 Å². The van der Waals surface area contributed by atoms with Crippen molar-refractivity contribution >= 4 is 22.8 Å². The Morgan fingerprint density at radius 3 is 2.68 bits per heavy atom. The summed E-state index contributed by atoms with van der Waals surface area (Å²) in [7, 11) is 0. The van der Waals surface area contributed by atoms with Crippen molar-refractivity contribution in [1.29, 1.82) is 0 Å². The Hall–Kier alpha value is -1.28. The fraction of sp³-hybridized carbons (Fsp3) is 0.667. The number of anilines is 1. The molecule has 1 aromatic rings. The van der Waals surface area contributed by atoms with Crippen LogP contribution in [0.25, 0.3) is 0 Å². The number of carbonyl (C=O) groups is 1. The van der Waals surface area contributed by atoms with Gasteiger partial charge in [-0.25, -0.2) is 0 Å². The zero-order valence-corrected chi connectivity index (χ0v) is 17.8. The monoisotopic (exact) mass is 407 g/mol. The molecule has 3 rings (SSSR count). The number of aryl methyl sites for hydroxylation is 1. The van der Waals surface area contributed by atoms with E-state index in [0.717, 1.165) is 36.7 Å². The molecule has 2 aliphatic heterocycles. The van der Waals surface area contributed by atoms with E-state index in [9.17, 15) is 14.5 Å². The number of piperidine rings is 1. The third-order valence-corrected chi connectivity index (χ3v) is 7.40. The number of hydrogen-bond donors (Lipinski definition) is 2. The van der Waals surface area contributed by atoms with Crippen LogP contribution in [0.3, 0.4) is 0 Å². The smallest absolute Gasteiger partial charge is 0.178 e. The number of rotatable bonds is 6.